The zero-order valence-corrected chi connectivity index (χ0v) is 22.1. The van der Waals surface area contributed by atoms with Crippen LogP contribution in [0.5, 0.6) is 11.5 Å². The third kappa shape index (κ3) is 3.95. The van der Waals surface area contributed by atoms with Gasteiger partial charge in [-0.15, -0.1) is 0 Å². The van der Waals surface area contributed by atoms with Crippen molar-refractivity contribution in [1.29, 1.82) is 0 Å². The van der Waals surface area contributed by atoms with Gasteiger partial charge in [0.05, 0.1) is 36.6 Å². The van der Waals surface area contributed by atoms with Gasteiger partial charge in [-0.1, -0.05) is 24.3 Å². The lowest BCUT2D eigenvalue weighted by molar-refractivity contribution is 0.00578. The number of hydrogen-bond donors (Lipinski definition) is 0. The van der Waals surface area contributed by atoms with E-state index in [0.717, 1.165) is 22.1 Å². The predicted molar refractivity (Wildman–Crippen MR) is 136 cm³/mol. The maximum atomic E-state index is 6.44. The summed E-state index contributed by atoms with van der Waals surface area (Å²) in [5, 5.41) is 0. The van der Waals surface area contributed by atoms with Gasteiger partial charge in [0.1, 0.15) is 11.5 Å². The van der Waals surface area contributed by atoms with Gasteiger partial charge >= 0.3 is 14.2 Å². The lowest BCUT2D eigenvalue weighted by Crippen LogP contribution is -2.41. The van der Waals surface area contributed by atoms with Crippen LogP contribution in [-0.4, -0.2) is 50.9 Å². The first kappa shape index (κ1) is 25.1. The predicted octanol–water partition coefficient (Wildman–Crippen LogP) is 3.97. The van der Waals surface area contributed by atoms with Crippen molar-refractivity contribution in [3.05, 3.63) is 36.4 Å². The van der Waals surface area contributed by atoms with Crippen molar-refractivity contribution < 1.29 is 28.1 Å². The van der Waals surface area contributed by atoms with Gasteiger partial charge in [-0.05, 0) is 78.4 Å². The van der Waals surface area contributed by atoms with E-state index in [1.165, 1.54) is 0 Å². The van der Waals surface area contributed by atoms with Crippen LogP contribution >= 0.6 is 0 Å². The Balaban J connectivity index is 1.93. The van der Waals surface area contributed by atoms with Crippen LogP contribution < -0.4 is 20.4 Å². The molecule has 6 nitrogen and oxygen atoms in total. The fraction of sp³-hybridized carbons (Fsp3) is 0.538. The lowest BCUT2D eigenvalue weighted by atomic mass is 9.68. The topological polar surface area (TPSA) is 55.4 Å². The minimum absolute atomic E-state index is 0.479. The Hall–Kier alpha value is -1.99. The number of methoxy groups -OCH3 is 2. The van der Waals surface area contributed by atoms with E-state index in [1.807, 2.05) is 91.8 Å². The second-order valence-electron chi connectivity index (χ2n) is 11.0. The molecule has 0 radical (unpaired) electrons. The fourth-order valence-electron chi connectivity index (χ4n) is 4.30. The summed E-state index contributed by atoms with van der Waals surface area (Å²) in [4.78, 5) is 0. The largest absolute Gasteiger partial charge is 0.496 e. The molecule has 0 aliphatic carbocycles. The highest BCUT2D eigenvalue weighted by Crippen LogP contribution is 2.42. The molecule has 2 saturated heterocycles. The van der Waals surface area contributed by atoms with Crippen LogP contribution in [-0.2, 0) is 18.6 Å². The van der Waals surface area contributed by atoms with Crippen molar-refractivity contribution in [3.8, 4) is 22.6 Å². The molecule has 8 heteroatoms. The number of benzene rings is 2. The maximum Gasteiger partial charge on any atom is 0.495 e. The summed E-state index contributed by atoms with van der Waals surface area (Å²) >= 11 is 0. The summed E-state index contributed by atoms with van der Waals surface area (Å²) in [5.74, 6) is 1.38. The van der Waals surface area contributed by atoms with E-state index in [-0.39, 0.29) is 0 Å². The molecule has 0 N–H and O–H groups in total. The lowest BCUT2D eigenvalue weighted by Gasteiger charge is -2.32. The van der Waals surface area contributed by atoms with E-state index >= 15 is 0 Å². The SMILES string of the molecule is COc1cccc(B2OC(C)(C)C(C)(C)O2)c1-c1c(OC)cccc1B1OC(C)(C)C(C)(C)O1. The Kier molecular flexibility index (Phi) is 6.13. The van der Waals surface area contributed by atoms with Crippen LogP contribution in [0.15, 0.2) is 36.4 Å². The van der Waals surface area contributed by atoms with Crippen LogP contribution in [0.2, 0.25) is 0 Å². The second kappa shape index (κ2) is 8.30. The molecule has 0 amide bonds. The van der Waals surface area contributed by atoms with E-state index in [2.05, 4.69) is 0 Å². The van der Waals surface area contributed by atoms with Crippen LogP contribution in [0.4, 0.5) is 0 Å². The number of rotatable bonds is 5. The number of hydrogen-bond acceptors (Lipinski definition) is 6. The highest BCUT2D eigenvalue weighted by molar-refractivity contribution is 6.66. The Morgan fingerprint density at radius 1 is 0.529 bits per heavy atom. The monoisotopic (exact) mass is 466 g/mol. The van der Waals surface area contributed by atoms with E-state index in [9.17, 15) is 0 Å². The summed E-state index contributed by atoms with van der Waals surface area (Å²) in [6, 6.07) is 11.8. The number of ether oxygens (including phenoxy) is 2. The minimum Gasteiger partial charge on any atom is -0.496 e. The molecule has 0 spiro atoms. The maximum absolute atomic E-state index is 6.44. The molecule has 34 heavy (non-hydrogen) atoms. The molecule has 0 bridgehead atoms. The Bertz CT molecular complexity index is 961. The summed E-state index contributed by atoms with van der Waals surface area (Å²) < 4.78 is 37.5. The van der Waals surface area contributed by atoms with Gasteiger partial charge in [-0.25, -0.2) is 0 Å². The standard InChI is InChI=1S/C26H36B2O6/c1-23(2)24(3,4)32-27(31-23)17-13-11-15-19(29-9)21(17)22-18(14-12-16-20(22)30-10)28-33-25(5,6)26(7,8)34-28/h11-16H,1-10H3. The van der Waals surface area contributed by atoms with Crippen LogP contribution in [0.3, 0.4) is 0 Å². The molecule has 2 aliphatic heterocycles. The normalized spacial score (nSPS) is 22.2. The smallest absolute Gasteiger partial charge is 0.495 e. The van der Waals surface area contributed by atoms with Crippen molar-refractivity contribution in [2.24, 2.45) is 0 Å². The molecule has 0 saturated carbocycles. The summed E-state index contributed by atoms with van der Waals surface area (Å²) in [6.45, 7) is 16.4. The van der Waals surface area contributed by atoms with Crippen molar-refractivity contribution in [2.75, 3.05) is 14.2 Å². The first-order valence-corrected chi connectivity index (χ1v) is 11.8. The quantitative estimate of drug-likeness (QED) is 0.622. The first-order valence-electron chi connectivity index (χ1n) is 11.8. The van der Waals surface area contributed by atoms with Gasteiger partial charge in [0.15, 0.2) is 0 Å². The molecule has 2 fully saturated rings. The average molecular weight is 466 g/mol. The zero-order valence-electron chi connectivity index (χ0n) is 22.1. The third-order valence-corrected chi connectivity index (χ3v) is 7.82. The van der Waals surface area contributed by atoms with Gasteiger partial charge in [-0.2, -0.15) is 0 Å². The molecule has 182 valence electrons. The summed E-state index contributed by atoms with van der Waals surface area (Å²) in [5.41, 5.74) is 1.48. The van der Waals surface area contributed by atoms with Crippen molar-refractivity contribution in [1.82, 2.24) is 0 Å². The van der Waals surface area contributed by atoms with E-state index in [0.29, 0.717) is 11.5 Å². The molecule has 2 aromatic rings. The molecular weight excluding hydrogens is 430 g/mol. The Morgan fingerprint density at radius 2 is 0.824 bits per heavy atom. The molecule has 2 heterocycles. The Morgan fingerprint density at radius 3 is 1.09 bits per heavy atom. The summed E-state index contributed by atoms with van der Waals surface area (Å²) in [6.07, 6.45) is 0. The van der Waals surface area contributed by atoms with Crippen molar-refractivity contribution in [3.63, 3.8) is 0 Å². The van der Waals surface area contributed by atoms with Gasteiger partial charge in [0.2, 0.25) is 0 Å². The third-order valence-electron chi connectivity index (χ3n) is 7.82. The van der Waals surface area contributed by atoms with Crippen molar-refractivity contribution >= 4 is 25.2 Å². The minimum atomic E-state index is -0.578. The highest BCUT2D eigenvalue weighted by atomic mass is 16.7. The van der Waals surface area contributed by atoms with Gasteiger partial charge < -0.3 is 28.1 Å². The fourth-order valence-corrected chi connectivity index (χ4v) is 4.30. The Labute approximate surface area is 204 Å². The zero-order chi connectivity index (χ0) is 25.1. The molecule has 2 aromatic carbocycles. The van der Waals surface area contributed by atoms with Crippen LogP contribution in [0, 0.1) is 0 Å². The molecular formula is C26H36B2O6. The van der Waals surface area contributed by atoms with Crippen molar-refractivity contribution in [2.45, 2.75) is 77.8 Å². The van der Waals surface area contributed by atoms with E-state index < -0.39 is 36.6 Å². The van der Waals surface area contributed by atoms with Crippen LogP contribution in [0.25, 0.3) is 11.1 Å². The van der Waals surface area contributed by atoms with E-state index in [1.54, 1.807) is 14.2 Å². The molecule has 0 aromatic heterocycles. The van der Waals surface area contributed by atoms with E-state index in [4.69, 9.17) is 28.1 Å². The summed E-state index contributed by atoms with van der Waals surface area (Å²) in [7, 11) is 2.17. The first-order chi connectivity index (χ1) is 15.7. The molecule has 0 unspecified atom stereocenters. The highest BCUT2D eigenvalue weighted by Gasteiger charge is 2.54. The van der Waals surface area contributed by atoms with Gasteiger partial charge in [0, 0.05) is 11.1 Å². The van der Waals surface area contributed by atoms with Gasteiger partial charge in [-0.3, -0.25) is 0 Å². The van der Waals surface area contributed by atoms with Gasteiger partial charge in [0.25, 0.3) is 0 Å². The molecule has 2 aliphatic rings. The second-order valence-corrected chi connectivity index (χ2v) is 11.0. The molecule has 0 atom stereocenters. The van der Waals surface area contributed by atoms with Crippen LogP contribution in [0.1, 0.15) is 55.4 Å². The molecule has 4 rings (SSSR count). The average Bonchev–Trinajstić information content (AvgIpc) is 3.11.